The quantitative estimate of drug-likeness (QED) is 0.219. The normalized spacial score (nSPS) is 22.2. The van der Waals surface area contributed by atoms with Crippen molar-refractivity contribution in [2.45, 2.75) is 83.1 Å². The molecule has 0 N–H and O–H groups in total. The van der Waals surface area contributed by atoms with Crippen LogP contribution in [-0.4, -0.2) is 5.75 Å². The van der Waals surface area contributed by atoms with Crippen molar-refractivity contribution in [1.29, 1.82) is 0 Å². The molecule has 0 spiro atoms. The first-order valence-corrected chi connectivity index (χ1v) is 12.4. The van der Waals surface area contributed by atoms with E-state index >= 15 is 0 Å². The van der Waals surface area contributed by atoms with Gasteiger partial charge in [0.1, 0.15) is 0 Å². The molecule has 0 heterocycles. The fourth-order valence-corrected chi connectivity index (χ4v) is 3.31. The first kappa shape index (κ1) is 31.3. The van der Waals surface area contributed by atoms with Gasteiger partial charge in [0, 0.05) is 0 Å². The van der Waals surface area contributed by atoms with Crippen LogP contribution in [0.15, 0.2) is 11.6 Å². The average molecular weight is 455 g/mol. The van der Waals surface area contributed by atoms with Crippen LogP contribution >= 0.6 is 9.30 Å². The topological polar surface area (TPSA) is 0 Å². The van der Waals surface area contributed by atoms with Crippen LogP contribution in [0.1, 0.15) is 83.1 Å². The van der Waals surface area contributed by atoms with Crippen molar-refractivity contribution in [3.05, 3.63) is 70.8 Å². The van der Waals surface area contributed by atoms with Gasteiger partial charge in [-0.25, -0.2) is 0 Å². The zero-order valence-electron chi connectivity index (χ0n) is 20.1. The maximum atomic E-state index is 4.65. The van der Waals surface area contributed by atoms with Gasteiger partial charge in [0.05, 0.1) is 0 Å². The van der Waals surface area contributed by atoms with Gasteiger partial charge in [0.25, 0.3) is 0 Å². The second-order valence-electron chi connectivity index (χ2n) is 7.70. The summed E-state index contributed by atoms with van der Waals surface area (Å²) in [6.45, 7) is 26.1. The van der Waals surface area contributed by atoms with E-state index in [1.807, 2.05) is 19.9 Å². The summed E-state index contributed by atoms with van der Waals surface area (Å²) in [7, 11) is 4.64. The van der Waals surface area contributed by atoms with Crippen molar-refractivity contribution in [2.75, 3.05) is 5.75 Å². The minimum atomic E-state index is 0.752. The molecule has 2 aliphatic rings. The summed E-state index contributed by atoms with van der Waals surface area (Å²) >= 11 is 6.12. The molecule has 2 saturated carbocycles. The third-order valence-electron chi connectivity index (χ3n) is 6.12. The number of allylic oxidation sites excluding steroid dienone is 1. The number of halogens is 1. The SMILES string of the molecule is CC(C)=CC[S-].C[C]1[C](C)[C](C)[C](C)[C]1C.C[C]1[C](C)[C](C)[C](C)[C]1C.[Cl][Ti+]. The van der Waals surface area contributed by atoms with Crippen LogP contribution in [0.5, 0.6) is 0 Å². The van der Waals surface area contributed by atoms with Crippen LogP contribution in [0.2, 0.25) is 0 Å². The summed E-state index contributed by atoms with van der Waals surface area (Å²) in [5, 5.41) is 0. The second-order valence-corrected chi connectivity index (χ2v) is 8.03. The summed E-state index contributed by atoms with van der Waals surface area (Å²) < 4.78 is 0. The van der Waals surface area contributed by atoms with Crippen LogP contribution in [0.25, 0.3) is 0 Å². The summed E-state index contributed by atoms with van der Waals surface area (Å²) in [5.41, 5.74) is 1.31. The third kappa shape index (κ3) is 9.49. The predicted octanol–water partition coefficient (Wildman–Crippen LogP) is 8.13. The molecule has 10 radical (unpaired) electrons. The Morgan fingerprint density at radius 1 is 0.571 bits per heavy atom. The molecule has 3 heteroatoms. The zero-order chi connectivity index (χ0) is 22.8. The molecule has 0 aromatic rings. The van der Waals surface area contributed by atoms with Gasteiger partial charge in [-0.1, -0.05) is 74.8 Å². The van der Waals surface area contributed by atoms with Crippen molar-refractivity contribution in [1.82, 2.24) is 0 Å². The Labute approximate surface area is 200 Å². The molecule has 0 aliphatic heterocycles. The van der Waals surface area contributed by atoms with E-state index in [9.17, 15) is 0 Å². The summed E-state index contributed by atoms with van der Waals surface area (Å²) in [4.78, 5) is 0. The third-order valence-corrected chi connectivity index (χ3v) is 6.28. The van der Waals surface area contributed by atoms with E-state index < -0.39 is 0 Å². The van der Waals surface area contributed by atoms with Gasteiger partial charge >= 0.3 is 28.7 Å². The van der Waals surface area contributed by atoms with E-state index in [-0.39, 0.29) is 0 Å². The minimum absolute atomic E-state index is 0.752. The Morgan fingerprint density at radius 2 is 0.714 bits per heavy atom. The molecule has 28 heavy (non-hydrogen) atoms. The fraction of sp³-hybridized carbons (Fsp3) is 0.520. The van der Waals surface area contributed by atoms with Crippen LogP contribution < -0.4 is 0 Å². The number of hydrogen-bond acceptors (Lipinski definition) is 1. The van der Waals surface area contributed by atoms with Gasteiger partial charge in [0.15, 0.2) is 0 Å². The maximum absolute atomic E-state index is 4.65. The first-order valence-electron chi connectivity index (χ1n) is 9.67. The Morgan fingerprint density at radius 3 is 0.750 bits per heavy atom. The Hall–Kier alpha value is 1.09. The molecule has 0 unspecified atom stereocenters. The van der Waals surface area contributed by atoms with Crippen molar-refractivity contribution >= 4 is 21.9 Å². The van der Waals surface area contributed by atoms with Crippen LogP contribution in [0.3, 0.4) is 0 Å². The first-order chi connectivity index (χ1) is 12.9. The van der Waals surface area contributed by atoms with Gasteiger partial charge in [-0.15, -0.1) is 6.08 Å². The molecule has 2 fully saturated rings. The monoisotopic (exact) mass is 454 g/mol. The molecule has 0 saturated heterocycles. The Bertz CT molecular complexity index is 301. The van der Waals surface area contributed by atoms with Crippen LogP contribution in [-0.2, 0) is 32.0 Å². The van der Waals surface area contributed by atoms with E-state index in [2.05, 4.69) is 91.2 Å². The van der Waals surface area contributed by atoms with Crippen molar-refractivity contribution in [2.24, 2.45) is 0 Å². The van der Waals surface area contributed by atoms with E-state index in [4.69, 9.17) is 0 Å². The molecular weight excluding hydrogens is 416 g/mol. The van der Waals surface area contributed by atoms with Gasteiger partial charge in [-0.3, -0.25) is 0 Å². The second kappa shape index (κ2) is 15.8. The fourth-order valence-electron chi connectivity index (χ4n) is 2.98. The van der Waals surface area contributed by atoms with E-state index in [1.165, 1.54) is 84.1 Å². The Kier molecular flexibility index (Phi) is 17.7. The Balaban J connectivity index is 0. The summed E-state index contributed by atoms with van der Waals surface area (Å²) in [6.07, 6.45) is 2.02. The summed E-state index contributed by atoms with van der Waals surface area (Å²) in [6, 6.07) is 0. The van der Waals surface area contributed by atoms with Gasteiger partial charge in [0.2, 0.25) is 0 Å². The van der Waals surface area contributed by atoms with Crippen LogP contribution in [0.4, 0.5) is 0 Å². The zero-order valence-corrected chi connectivity index (χ0v) is 23.2. The van der Waals surface area contributed by atoms with Crippen molar-refractivity contribution in [3.8, 4) is 0 Å². The van der Waals surface area contributed by atoms with Crippen molar-refractivity contribution < 1.29 is 19.4 Å². The number of hydrogen-bond donors (Lipinski definition) is 0. The molecule has 0 atom stereocenters. The van der Waals surface area contributed by atoms with E-state index in [0.29, 0.717) is 0 Å². The molecule has 0 aromatic carbocycles. The average Bonchev–Trinajstić information content (AvgIpc) is 2.94. The molecule has 156 valence electrons. The van der Waals surface area contributed by atoms with Crippen LogP contribution in [0, 0.1) is 59.2 Å². The summed E-state index contributed by atoms with van der Waals surface area (Å²) in [5.74, 6) is 15.4. The molecule has 2 rings (SSSR count). The molecular formula is C25H39ClSTi. The van der Waals surface area contributed by atoms with E-state index in [1.54, 1.807) is 0 Å². The predicted molar refractivity (Wildman–Crippen MR) is 127 cm³/mol. The molecule has 0 bridgehead atoms. The van der Waals surface area contributed by atoms with Gasteiger partial charge < -0.3 is 12.6 Å². The number of rotatable bonds is 1. The molecule has 0 nitrogen and oxygen atoms in total. The molecule has 0 aromatic heterocycles. The standard InChI is InChI=1S/2C10H15.C5H10S.ClH.Ti/c2*1-6-7(2)9(4)10(5)8(6)3;1-5(2)3-4-6;;/h2*1-5H3;3,6H,4H2,1-2H3;1H;/q;;;;+2/p-2. The van der Waals surface area contributed by atoms with E-state index in [0.717, 1.165) is 5.75 Å². The van der Waals surface area contributed by atoms with Crippen molar-refractivity contribution in [3.63, 3.8) is 0 Å². The molecule has 2 aliphatic carbocycles. The van der Waals surface area contributed by atoms with Gasteiger partial charge in [-0.2, -0.15) is 5.75 Å². The molecule has 0 amide bonds. The van der Waals surface area contributed by atoms with Gasteiger partial charge in [-0.05, 0) is 73.0 Å².